The number of halogens is 3. The number of alkyl halides is 1. The molecule has 6 heteroatoms. The van der Waals surface area contributed by atoms with Crippen LogP contribution in [0.15, 0.2) is 35.1 Å². The summed E-state index contributed by atoms with van der Waals surface area (Å²) in [6.07, 6.45) is 2.01. The van der Waals surface area contributed by atoms with Crippen molar-refractivity contribution in [1.82, 2.24) is 9.97 Å². The Morgan fingerprint density at radius 1 is 1.37 bits per heavy atom. The zero-order chi connectivity index (χ0) is 13.8. The Bertz CT molecular complexity index is 580. The maximum Gasteiger partial charge on any atom is 0.216 e. The quantitative estimate of drug-likeness (QED) is 0.756. The number of aromatic nitrogens is 2. The van der Waals surface area contributed by atoms with Crippen LogP contribution >= 0.6 is 39.1 Å². The van der Waals surface area contributed by atoms with Gasteiger partial charge in [0.1, 0.15) is 6.33 Å². The van der Waals surface area contributed by atoms with Crippen LogP contribution in [0.5, 0.6) is 5.88 Å². The van der Waals surface area contributed by atoms with Gasteiger partial charge in [-0.2, -0.15) is 0 Å². The SMILES string of the molecule is COc1cc(CC(Cl)c2cccc(Br)c2Cl)ncn1. The van der Waals surface area contributed by atoms with Crippen LogP contribution in [-0.4, -0.2) is 17.1 Å². The van der Waals surface area contributed by atoms with Gasteiger partial charge in [-0.15, -0.1) is 11.6 Å². The largest absolute Gasteiger partial charge is 0.481 e. The molecular formula is C13H11BrCl2N2O. The lowest BCUT2D eigenvalue weighted by molar-refractivity contribution is 0.396. The van der Waals surface area contributed by atoms with Gasteiger partial charge in [0.25, 0.3) is 0 Å². The van der Waals surface area contributed by atoms with Crippen LogP contribution < -0.4 is 4.74 Å². The van der Waals surface area contributed by atoms with E-state index < -0.39 is 0 Å². The first-order valence-corrected chi connectivity index (χ1v) is 7.15. The summed E-state index contributed by atoms with van der Waals surface area (Å²) in [5, 5.41) is 0.369. The van der Waals surface area contributed by atoms with Gasteiger partial charge in [0.2, 0.25) is 5.88 Å². The average molecular weight is 362 g/mol. The summed E-state index contributed by atoms with van der Waals surface area (Å²) in [7, 11) is 1.56. The fourth-order valence-corrected chi connectivity index (χ4v) is 2.69. The van der Waals surface area contributed by atoms with Crippen molar-refractivity contribution >= 4 is 39.1 Å². The van der Waals surface area contributed by atoms with Crippen LogP contribution in [0.25, 0.3) is 0 Å². The maximum absolute atomic E-state index is 6.41. The Morgan fingerprint density at radius 3 is 2.89 bits per heavy atom. The summed E-state index contributed by atoms with van der Waals surface area (Å²) >= 11 is 16.0. The molecule has 0 amide bonds. The van der Waals surface area contributed by atoms with Crippen molar-refractivity contribution in [2.45, 2.75) is 11.8 Å². The van der Waals surface area contributed by atoms with Crippen LogP contribution in [0.1, 0.15) is 16.6 Å². The fourth-order valence-electron chi connectivity index (χ4n) is 1.66. The van der Waals surface area contributed by atoms with Gasteiger partial charge in [-0.25, -0.2) is 9.97 Å². The molecule has 0 saturated heterocycles. The predicted octanol–water partition coefficient (Wildman–Crippen LogP) is 4.42. The highest BCUT2D eigenvalue weighted by Crippen LogP contribution is 2.34. The Kier molecular flexibility index (Phi) is 5.02. The van der Waals surface area contributed by atoms with E-state index in [0.717, 1.165) is 15.7 Å². The minimum absolute atomic E-state index is 0.260. The lowest BCUT2D eigenvalue weighted by Crippen LogP contribution is -2.00. The second-order valence-corrected chi connectivity index (χ2v) is 5.63. The normalized spacial score (nSPS) is 12.2. The molecule has 0 saturated carbocycles. The Balaban J connectivity index is 2.20. The molecule has 1 aromatic heterocycles. The number of hydrogen-bond donors (Lipinski definition) is 0. The van der Waals surface area contributed by atoms with E-state index in [2.05, 4.69) is 25.9 Å². The zero-order valence-corrected chi connectivity index (χ0v) is 13.2. The molecule has 0 aliphatic heterocycles. The lowest BCUT2D eigenvalue weighted by Gasteiger charge is -2.12. The molecule has 19 heavy (non-hydrogen) atoms. The molecule has 0 fully saturated rings. The van der Waals surface area contributed by atoms with E-state index in [1.165, 1.54) is 6.33 Å². The number of rotatable bonds is 4. The van der Waals surface area contributed by atoms with Gasteiger partial charge in [-0.1, -0.05) is 23.7 Å². The monoisotopic (exact) mass is 360 g/mol. The number of ether oxygens (including phenoxy) is 1. The van der Waals surface area contributed by atoms with Crippen molar-refractivity contribution < 1.29 is 4.74 Å². The summed E-state index contributed by atoms with van der Waals surface area (Å²) in [6.45, 7) is 0. The lowest BCUT2D eigenvalue weighted by atomic mass is 10.1. The van der Waals surface area contributed by atoms with Crippen molar-refractivity contribution in [2.24, 2.45) is 0 Å². The second-order valence-electron chi connectivity index (χ2n) is 3.87. The van der Waals surface area contributed by atoms with Crippen molar-refractivity contribution in [1.29, 1.82) is 0 Å². The highest BCUT2D eigenvalue weighted by molar-refractivity contribution is 9.10. The molecule has 0 N–H and O–H groups in total. The smallest absolute Gasteiger partial charge is 0.216 e. The van der Waals surface area contributed by atoms with Crippen molar-refractivity contribution in [3.8, 4) is 5.88 Å². The molecule has 0 spiro atoms. The molecular weight excluding hydrogens is 351 g/mol. The van der Waals surface area contributed by atoms with Gasteiger partial charge >= 0.3 is 0 Å². The fraction of sp³-hybridized carbons (Fsp3) is 0.231. The summed E-state index contributed by atoms with van der Waals surface area (Å²) in [4.78, 5) is 8.13. The van der Waals surface area contributed by atoms with Gasteiger partial charge in [0.05, 0.1) is 17.5 Å². The molecule has 1 aromatic carbocycles. The molecule has 0 aliphatic carbocycles. The topological polar surface area (TPSA) is 35.0 Å². The average Bonchev–Trinajstić information content (AvgIpc) is 2.42. The zero-order valence-electron chi connectivity index (χ0n) is 10.1. The van der Waals surface area contributed by atoms with E-state index >= 15 is 0 Å². The third kappa shape index (κ3) is 3.59. The van der Waals surface area contributed by atoms with Gasteiger partial charge < -0.3 is 4.74 Å². The molecule has 0 bridgehead atoms. The van der Waals surface area contributed by atoms with E-state index in [1.54, 1.807) is 13.2 Å². The summed E-state index contributed by atoms with van der Waals surface area (Å²) in [5.74, 6) is 0.522. The van der Waals surface area contributed by atoms with E-state index in [4.69, 9.17) is 27.9 Å². The predicted molar refractivity (Wildman–Crippen MR) is 80.0 cm³/mol. The van der Waals surface area contributed by atoms with E-state index in [1.807, 2.05) is 18.2 Å². The number of benzene rings is 1. The number of hydrogen-bond acceptors (Lipinski definition) is 3. The molecule has 0 radical (unpaired) electrons. The van der Waals surface area contributed by atoms with Gasteiger partial charge in [0, 0.05) is 22.7 Å². The van der Waals surface area contributed by atoms with Crippen molar-refractivity contribution in [3.63, 3.8) is 0 Å². The molecule has 0 aliphatic rings. The van der Waals surface area contributed by atoms with E-state index in [0.29, 0.717) is 17.3 Å². The molecule has 1 heterocycles. The van der Waals surface area contributed by atoms with E-state index in [-0.39, 0.29) is 5.38 Å². The standard InChI is InChI=1S/C13H11BrCl2N2O/c1-19-12-6-8(17-7-18-12)5-11(15)9-3-2-4-10(14)13(9)16/h2-4,6-7,11H,5H2,1H3. The first-order valence-electron chi connectivity index (χ1n) is 5.54. The number of methoxy groups -OCH3 is 1. The van der Waals surface area contributed by atoms with E-state index in [9.17, 15) is 0 Å². The van der Waals surface area contributed by atoms with Crippen LogP contribution in [0.2, 0.25) is 5.02 Å². The minimum Gasteiger partial charge on any atom is -0.481 e. The molecule has 2 aromatic rings. The highest BCUT2D eigenvalue weighted by Gasteiger charge is 2.15. The second kappa shape index (κ2) is 6.55. The first kappa shape index (κ1) is 14.6. The van der Waals surface area contributed by atoms with Crippen LogP contribution in [0.3, 0.4) is 0 Å². The Hall–Kier alpha value is -0.840. The Labute approximate surface area is 130 Å². The number of nitrogens with zero attached hydrogens (tertiary/aromatic N) is 2. The van der Waals surface area contributed by atoms with Gasteiger partial charge in [-0.05, 0) is 27.6 Å². The van der Waals surface area contributed by atoms with Gasteiger partial charge in [-0.3, -0.25) is 0 Å². The summed E-state index contributed by atoms with van der Waals surface area (Å²) in [6, 6.07) is 7.45. The van der Waals surface area contributed by atoms with Crippen LogP contribution in [-0.2, 0) is 6.42 Å². The Morgan fingerprint density at radius 2 is 2.16 bits per heavy atom. The van der Waals surface area contributed by atoms with Crippen molar-refractivity contribution in [2.75, 3.05) is 7.11 Å². The van der Waals surface area contributed by atoms with Crippen LogP contribution in [0, 0.1) is 0 Å². The van der Waals surface area contributed by atoms with Crippen molar-refractivity contribution in [3.05, 3.63) is 51.3 Å². The maximum atomic E-state index is 6.41. The highest BCUT2D eigenvalue weighted by atomic mass is 79.9. The third-order valence-corrected chi connectivity index (χ3v) is 4.32. The molecule has 100 valence electrons. The van der Waals surface area contributed by atoms with Gasteiger partial charge in [0.15, 0.2) is 0 Å². The summed E-state index contributed by atoms with van der Waals surface area (Å²) < 4.78 is 5.89. The molecule has 3 nitrogen and oxygen atoms in total. The molecule has 1 unspecified atom stereocenters. The summed E-state index contributed by atoms with van der Waals surface area (Å²) in [5.41, 5.74) is 1.68. The minimum atomic E-state index is -0.260. The first-order chi connectivity index (χ1) is 9.11. The van der Waals surface area contributed by atoms with Crippen LogP contribution in [0.4, 0.5) is 0 Å². The molecule has 2 rings (SSSR count). The third-order valence-electron chi connectivity index (χ3n) is 2.62. The molecule has 1 atom stereocenters.